The number of carbonyl (C=O) groups excluding carboxylic acids is 1. The lowest BCUT2D eigenvalue weighted by Crippen LogP contribution is -2.44. The van der Waals surface area contributed by atoms with Crippen molar-refractivity contribution in [2.45, 2.75) is 31.2 Å². The fraction of sp³-hybridized carbons (Fsp3) is 0.208. The molecule has 0 aliphatic heterocycles. The number of rotatable bonds is 4. The van der Waals surface area contributed by atoms with E-state index in [0.29, 0.717) is 0 Å². The second kappa shape index (κ2) is 10.3. The van der Waals surface area contributed by atoms with Crippen molar-refractivity contribution in [2.24, 2.45) is 0 Å². The largest absolute Gasteiger partial charge is 0.434 e. The van der Waals surface area contributed by atoms with Crippen molar-refractivity contribution >= 4 is 17.5 Å². The molecule has 1 unspecified atom stereocenters. The molecule has 0 aliphatic carbocycles. The smallest absolute Gasteiger partial charge is 0.343 e. The summed E-state index contributed by atoms with van der Waals surface area (Å²) >= 11 is 5.99. The molecular formula is C24H14ClF8N3O. The van der Waals surface area contributed by atoms with Crippen LogP contribution in [0.15, 0.2) is 54.9 Å². The lowest BCUT2D eigenvalue weighted by Gasteiger charge is -2.26. The first-order valence-electron chi connectivity index (χ1n) is 10.2. The minimum atomic E-state index is -4.98. The molecule has 0 spiro atoms. The Hall–Kier alpha value is -3.72. The van der Waals surface area contributed by atoms with Gasteiger partial charge in [0.25, 0.3) is 11.8 Å². The number of hydrogen-bond donors (Lipinski definition) is 1. The Labute approximate surface area is 209 Å². The van der Waals surface area contributed by atoms with E-state index in [1.807, 2.05) is 5.32 Å². The van der Waals surface area contributed by atoms with Crippen LogP contribution in [0.4, 0.5) is 35.1 Å². The highest BCUT2D eigenvalue weighted by Gasteiger charge is 2.43. The highest BCUT2D eigenvalue weighted by molar-refractivity contribution is 6.31. The molecule has 0 fully saturated rings. The average molecular weight is 548 g/mol. The van der Waals surface area contributed by atoms with Crippen LogP contribution in [0.2, 0.25) is 5.02 Å². The van der Waals surface area contributed by atoms with Gasteiger partial charge in [0.15, 0.2) is 5.69 Å². The third-order valence-electron chi connectivity index (χ3n) is 4.95. The molecule has 2 heterocycles. The Bertz CT molecular complexity index is 1360. The van der Waals surface area contributed by atoms with Crippen LogP contribution in [0.5, 0.6) is 0 Å². The molecule has 3 aromatic rings. The van der Waals surface area contributed by atoms with Crippen LogP contribution in [0.3, 0.4) is 0 Å². The number of alkyl halides is 8. The van der Waals surface area contributed by atoms with Gasteiger partial charge in [0.1, 0.15) is 5.69 Å². The first-order valence-corrected chi connectivity index (χ1v) is 10.5. The third kappa shape index (κ3) is 6.54. The molecular weight excluding hydrogens is 534 g/mol. The quantitative estimate of drug-likeness (QED) is 0.301. The van der Waals surface area contributed by atoms with Gasteiger partial charge in [-0.05, 0) is 43.3 Å². The van der Waals surface area contributed by atoms with E-state index in [0.717, 1.165) is 61.8 Å². The fourth-order valence-corrected chi connectivity index (χ4v) is 3.36. The zero-order chi connectivity index (χ0) is 27.6. The Morgan fingerprint density at radius 3 is 2.14 bits per heavy atom. The number of halogens is 9. The van der Waals surface area contributed by atoms with Gasteiger partial charge in [-0.25, -0.2) is 0 Å². The molecule has 0 aliphatic rings. The summed E-state index contributed by atoms with van der Waals surface area (Å²) in [6.45, 7) is 0.892. The Balaban J connectivity index is 1.79. The number of pyridine rings is 2. The van der Waals surface area contributed by atoms with Gasteiger partial charge in [-0.2, -0.15) is 35.1 Å². The first-order chi connectivity index (χ1) is 17.1. The second-order valence-corrected chi connectivity index (χ2v) is 8.00. The van der Waals surface area contributed by atoms with Crippen LogP contribution in [0, 0.1) is 11.8 Å². The normalized spacial score (nSPS) is 12.9. The van der Waals surface area contributed by atoms with Crippen LogP contribution < -0.4 is 5.32 Å². The number of benzene rings is 1. The number of aromatic nitrogens is 2. The predicted octanol–water partition coefficient (Wildman–Crippen LogP) is 6.48. The summed E-state index contributed by atoms with van der Waals surface area (Å²) in [5.41, 5.74) is -4.01. The molecule has 4 nitrogen and oxygen atoms in total. The lowest BCUT2D eigenvalue weighted by atomic mass is 10.00. The van der Waals surface area contributed by atoms with Crippen molar-refractivity contribution in [3.05, 3.63) is 93.5 Å². The SMILES string of the molecule is CC(NC(=O)c1cccnc1C(F)(F)F)C(F)(F)c1ccc(C#Cc2ccc(C(F)(F)F)nc2)cc1Cl. The molecule has 1 aromatic carbocycles. The summed E-state index contributed by atoms with van der Waals surface area (Å²) in [7, 11) is 0. The molecule has 37 heavy (non-hydrogen) atoms. The van der Waals surface area contributed by atoms with Crippen LogP contribution in [-0.4, -0.2) is 21.9 Å². The molecule has 0 radical (unpaired) electrons. The zero-order valence-corrected chi connectivity index (χ0v) is 19.2. The number of carbonyl (C=O) groups is 1. The lowest BCUT2D eigenvalue weighted by molar-refractivity contribution is -0.142. The van der Waals surface area contributed by atoms with Crippen molar-refractivity contribution in [3.63, 3.8) is 0 Å². The van der Waals surface area contributed by atoms with Gasteiger partial charge in [0.05, 0.1) is 16.6 Å². The topological polar surface area (TPSA) is 54.9 Å². The molecule has 1 amide bonds. The Kier molecular flexibility index (Phi) is 7.78. The van der Waals surface area contributed by atoms with E-state index in [4.69, 9.17) is 11.6 Å². The van der Waals surface area contributed by atoms with Gasteiger partial charge in [0, 0.05) is 29.1 Å². The number of nitrogens with one attached hydrogen (secondary N) is 1. The van der Waals surface area contributed by atoms with Gasteiger partial charge in [0.2, 0.25) is 0 Å². The maximum Gasteiger partial charge on any atom is 0.434 e. The summed E-state index contributed by atoms with van der Waals surface area (Å²) in [6.07, 6.45) is -7.88. The summed E-state index contributed by atoms with van der Waals surface area (Å²) in [5, 5.41) is 1.39. The van der Waals surface area contributed by atoms with Crippen molar-refractivity contribution in [3.8, 4) is 11.8 Å². The highest BCUT2D eigenvalue weighted by atomic mass is 35.5. The monoisotopic (exact) mass is 547 g/mol. The van der Waals surface area contributed by atoms with Crippen molar-refractivity contribution in [2.75, 3.05) is 0 Å². The molecule has 2 aromatic heterocycles. The van der Waals surface area contributed by atoms with E-state index in [2.05, 4.69) is 21.8 Å². The Morgan fingerprint density at radius 2 is 1.57 bits per heavy atom. The van der Waals surface area contributed by atoms with Gasteiger partial charge in [-0.15, -0.1) is 0 Å². The van der Waals surface area contributed by atoms with Crippen LogP contribution in [-0.2, 0) is 18.3 Å². The molecule has 0 saturated carbocycles. The summed E-state index contributed by atoms with van der Waals surface area (Å²) in [4.78, 5) is 18.7. The van der Waals surface area contributed by atoms with E-state index < -0.39 is 57.8 Å². The van der Waals surface area contributed by atoms with Crippen molar-refractivity contribution in [1.82, 2.24) is 15.3 Å². The van der Waals surface area contributed by atoms with E-state index >= 15 is 8.78 Å². The van der Waals surface area contributed by atoms with E-state index in [1.165, 1.54) is 0 Å². The average Bonchev–Trinajstić information content (AvgIpc) is 2.81. The van der Waals surface area contributed by atoms with Gasteiger partial charge < -0.3 is 5.32 Å². The summed E-state index contributed by atoms with van der Waals surface area (Å²) < 4.78 is 107. The molecule has 13 heteroatoms. The highest BCUT2D eigenvalue weighted by Crippen LogP contribution is 2.37. The van der Waals surface area contributed by atoms with Gasteiger partial charge >= 0.3 is 12.4 Å². The summed E-state index contributed by atoms with van der Waals surface area (Å²) in [5.74, 6) is -0.128. The molecule has 1 atom stereocenters. The van der Waals surface area contributed by atoms with E-state index in [9.17, 15) is 31.1 Å². The van der Waals surface area contributed by atoms with E-state index in [-0.39, 0.29) is 11.1 Å². The van der Waals surface area contributed by atoms with Crippen LogP contribution in [0.25, 0.3) is 0 Å². The molecule has 1 N–H and O–H groups in total. The zero-order valence-electron chi connectivity index (χ0n) is 18.5. The molecule has 0 bridgehead atoms. The van der Waals surface area contributed by atoms with Crippen LogP contribution in [0.1, 0.15) is 45.4 Å². The first kappa shape index (κ1) is 27.9. The van der Waals surface area contributed by atoms with Crippen LogP contribution >= 0.6 is 11.6 Å². The maximum atomic E-state index is 15.1. The van der Waals surface area contributed by atoms with E-state index in [1.54, 1.807) is 0 Å². The van der Waals surface area contributed by atoms with Crippen molar-refractivity contribution in [1.29, 1.82) is 0 Å². The predicted molar refractivity (Wildman–Crippen MR) is 117 cm³/mol. The number of amides is 1. The second-order valence-electron chi connectivity index (χ2n) is 7.59. The fourth-order valence-electron chi connectivity index (χ4n) is 3.06. The maximum absolute atomic E-state index is 15.1. The van der Waals surface area contributed by atoms with Gasteiger partial charge in [-0.3, -0.25) is 14.8 Å². The standard InChI is InChI=1S/C24H14ClF8N3O/c1-13(36-21(37)16-3-2-10-34-20(16)24(31,32)33)22(26,27)17-8-6-14(11-18(17)25)4-5-15-7-9-19(35-12-15)23(28,29)30/h2-3,6-13H,1H3,(H,36,37). The Morgan fingerprint density at radius 1 is 0.919 bits per heavy atom. The molecule has 0 saturated heterocycles. The van der Waals surface area contributed by atoms with Gasteiger partial charge in [-0.1, -0.05) is 29.5 Å². The number of hydrogen-bond acceptors (Lipinski definition) is 3. The number of nitrogens with zero attached hydrogens (tertiary/aromatic N) is 2. The summed E-state index contributed by atoms with van der Waals surface area (Å²) in [6, 6.07) is 4.87. The third-order valence-corrected chi connectivity index (χ3v) is 5.26. The minimum absolute atomic E-state index is 0.128. The van der Waals surface area contributed by atoms with Crippen molar-refractivity contribution < 1.29 is 39.9 Å². The minimum Gasteiger partial charge on any atom is -0.343 e. The molecule has 194 valence electrons. The molecule has 3 rings (SSSR count).